The van der Waals surface area contributed by atoms with E-state index in [0.29, 0.717) is 11.5 Å². The van der Waals surface area contributed by atoms with Crippen molar-refractivity contribution in [1.29, 1.82) is 0 Å². The largest absolute Gasteiger partial charge is 0.497 e. The molecule has 3 rings (SSSR count). The minimum Gasteiger partial charge on any atom is -0.497 e. The Morgan fingerprint density at radius 1 is 0.857 bits per heavy atom. The molecule has 0 spiro atoms. The molecule has 11 heteroatoms. The first-order chi connectivity index (χ1) is 16.7. The van der Waals surface area contributed by atoms with E-state index < -0.39 is 39.1 Å². The van der Waals surface area contributed by atoms with Crippen LogP contribution in [0.25, 0.3) is 0 Å². The molecule has 0 aliphatic carbocycles. The molecular formula is C24H22FNO8S. The van der Waals surface area contributed by atoms with E-state index >= 15 is 0 Å². The number of Topliss-reactive ketones (excluding diaryl/α,β-unsaturated/α-hetero) is 1. The van der Waals surface area contributed by atoms with E-state index in [9.17, 15) is 22.4 Å². The van der Waals surface area contributed by atoms with Gasteiger partial charge in [-0.1, -0.05) is 0 Å². The van der Waals surface area contributed by atoms with Gasteiger partial charge in [-0.2, -0.15) is 0 Å². The summed E-state index contributed by atoms with van der Waals surface area (Å²) in [4.78, 5) is 24.2. The number of hydrogen-bond acceptors (Lipinski definition) is 8. The average Bonchev–Trinajstić information content (AvgIpc) is 2.86. The fourth-order valence-corrected chi connectivity index (χ4v) is 4.19. The fraction of sp³-hybridized carbons (Fsp3) is 0.167. The maximum atomic E-state index is 14.4. The van der Waals surface area contributed by atoms with Gasteiger partial charge in [0.15, 0.2) is 6.61 Å². The first kappa shape index (κ1) is 25.5. The van der Waals surface area contributed by atoms with Crippen LogP contribution >= 0.6 is 0 Å². The van der Waals surface area contributed by atoms with Crippen LogP contribution in [0.5, 0.6) is 17.2 Å². The summed E-state index contributed by atoms with van der Waals surface area (Å²) in [5.41, 5.74) is 0.0698. The Morgan fingerprint density at radius 3 is 2.14 bits per heavy atom. The number of nitrogens with one attached hydrogen (secondary N) is 1. The molecule has 0 bridgehead atoms. The number of halogens is 1. The van der Waals surface area contributed by atoms with Crippen LogP contribution in [0.1, 0.15) is 20.7 Å². The van der Waals surface area contributed by atoms with Gasteiger partial charge in [0.2, 0.25) is 5.78 Å². The summed E-state index contributed by atoms with van der Waals surface area (Å²) in [6.45, 7) is -0.648. The Morgan fingerprint density at radius 2 is 1.51 bits per heavy atom. The van der Waals surface area contributed by atoms with E-state index in [1.165, 1.54) is 57.7 Å². The van der Waals surface area contributed by atoms with Crippen molar-refractivity contribution in [2.45, 2.75) is 4.90 Å². The summed E-state index contributed by atoms with van der Waals surface area (Å²) in [5.74, 6) is -1.43. The van der Waals surface area contributed by atoms with E-state index in [0.717, 1.165) is 18.2 Å². The molecule has 3 aromatic rings. The zero-order valence-corrected chi connectivity index (χ0v) is 19.8. The highest BCUT2D eigenvalue weighted by atomic mass is 32.2. The normalized spacial score (nSPS) is 10.9. The topological polar surface area (TPSA) is 117 Å². The molecule has 0 radical (unpaired) electrons. The third-order valence-electron chi connectivity index (χ3n) is 4.84. The molecule has 0 aromatic heterocycles. The van der Waals surface area contributed by atoms with Crippen molar-refractivity contribution in [1.82, 2.24) is 0 Å². The van der Waals surface area contributed by atoms with E-state index in [4.69, 9.17) is 18.9 Å². The van der Waals surface area contributed by atoms with Gasteiger partial charge < -0.3 is 18.9 Å². The Balaban J connectivity index is 1.75. The molecule has 0 amide bonds. The lowest BCUT2D eigenvalue weighted by Crippen LogP contribution is -2.17. The predicted molar refractivity (Wildman–Crippen MR) is 124 cm³/mol. The number of ether oxygens (including phenoxy) is 4. The zero-order chi connectivity index (χ0) is 25.6. The number of carbonyl (C=O) groups is 2. The smallest absolute Gasteiger partial charge is 0.338 e. The Bertz CT molecular complexity index is 1340. The Labute approximate surface area is 201 Å². The number of sulfonamides is 1. The molecule has 184 valence electrons. The van der Waals surface area contributed by atoms with Gasteiger partial charge in [-0.05, 0) is 54.6 Å². The molecule has 0 saturated heterocycles. The number of ketones is 1. The molecule has 0 aliphatic heterocycles. The van der Waals surface area contributed by atoms with Crippen LogP contribution in [-0.4, -0.2) is 48.1 Å². The van der Waals surface area contributed by atoms with Crippen molar-refractivity contribution in [3.63, 3.8) is 0 Å². The fourth-order valence-electron chi connectivity index (χ4n) is 3.03. The number of rotatable bonds is 10. The zero-order valence-electron chi connectivity index (χ0n) is 19.0. The Kier molecular flexibility index (Phi) is 7.92. The second-order valence-corrected chi connectivity index (χ2v) is 8.70. The molecule has 0 saturated carbocycles. The number of benzene rings is 3. The predicted octanol–water partition coefficient (Wildman–Crippen LogP) is 3.69. The van der Waals surface area contributed by atoms with Crippen molar-refractivity contribution >= 4 is 27.5 Å². The third-order valence-corrected chi connectivity index (χ3v) is 6.24. The molecule has 35 heavy (non-hydrogen) atoms. The van der Waals surface area contributed by atoms with Crippen LogP contribution in [0.3, 0.4) is 0 Å². The van der Waals surface area contributed by atoms with Crippen molar-refractivity contribution in [3.05, 3.63) is 77.6 Å². The highest BCUT2D eigenvalue weighted by molar-refractivity contribution is 7.92. The number of carbonyl (C=O) groups excluding carboxylic acids is 2. The van der Waals surface area contributed by atoms with Crippen LogP contribution in [0.2, 0.25) is 0 Å². The number of hydrogen-bond donors (Lipinski definition) is 1. The second-order valence-electron chi connectivity index (χ2n) is 7.04. The van der Waals surface area contributed by atoms with Crippen molar-refractivity contribution in [3.8, 4) is 17.2 Å². The minimum absolute atomic E-state index is 0.159. The van der Waals surface area contributed by atoms with Crippen LogP contribution in [0, 0.1) is 5.82 Å². The minimum atomic E-state index is -4.38. The lowest BCUT2D eigenvalue weighted by Gasteiger charge is -2.12. The maximum Gasteiger partial charge on any atom is 0.338 e. The van der Waals surface area contributed by atoms with Gasteiger partial charge in [0.05, 0.1) is 32.5 Å². The standard InChI is InChI=1S/C24H22FNO8S/c1-31-17-7-5-16(6-8-17)26-35(29,30)23-12-15(4-11-20(23)25)24(28)34-14-21(27)19-10-9-18(32-2)13-22(19)33-3/h4-13,26H,14H2,1-3H3. The van der Waals surface area contributed by atoms with Gasteiger partial charge in [-0.25, -0.2) is 17.6 Å². The number of esters is 1. The summed E-state index contributed by atoms with van der Waals surface area (Å²) in [6, 6.07) is 13.1. The summed E-state index contributed by atoms with van der Waals surface area (Å²) in [7, 11) is -0.0868. The van der Waals surface area contributed by atoms with E-state index in [1.54, 1.807) is 6.07 Å². The summed E-state index contributed by atoms with van der Waals surface area (Å²) >= 11 is 0. The van der Waals surface area contributed by atoms with Gasteiger partial charge in [0, 0.05) is 11.8 Å². The third kappa shape index (κ3) is 6.07. The first-order valence-electron chi connectivity index (χ1n) is 10.1. The van der Waals surface area contributed by atoms with E-state index in [-0.39, 0.29) is 22.6 Å². The molecule has 0 unspecified atom stereocenters. The Hall–Kier alpha value is -4.12. The molecule has 0 heterocycles. The number of anilines is 1. The lowest BCUT2D eigenvalue weighted by atomic mass is 10.1. The van der Waals surface area contributed by atoms with Crippen molar-refractivity contribution < 1.29 is 41.3 Å². The van der Waals surface area contributed by atoms with Gasteiger partial charge in [-0.3, -0.25) is 9.52 Å². The molecule has 0 atom stereocenters. The molecule has 9 nitrogen and oxygen atoms in total. The molecule has 0 aliphatic rings. The summed E-state index contributed by atoms with van der Waals surface area (Å²) < 4.78 is 62.3. The summed E-state index contributed by atoms with van der Waals surface area (Å²) in [5, 5.41) is 0. The average molecular weight is 504 g/mol. The molecular weight excluding hydrogens is 481 g/mol. The SMILES string of the molecule is COc1ccc(NS(=O)(=O)c2cc(C(=O)OCC(=O)c3ccc(OC)cc3OC)ccc2F)cc1. The van der Waals surface area contributed by atoms with Gasteiger partial charge in [-0.15, -0.1) is 0 Å². The quantitative estimate of drug-likeness (QED) is 0.329. The number of methoxy groups -OCH3 is 3. The van der Waals surface area contributed by atoms with Gasteiger partial charge in [0.1, 0.15) is 28.0 Å². The molecule has 0 fully saturated rings. The summed E-state index contributed by atoms with van der Waals surface area (Å²) in [6.07, 6.45) is 0. The molecule has 1 N–H and O–H groups in total. The second kappa shape index (κ2) is 10.9. The van der Waals surface area contributed by atoms with Crippen molar-refractivity contribution in [2.75, 3.05) is 32.7 Å². The van der Waals surface area contributed by atoms with Crippen LogP contribution < -0.4 is 18.9 Å². The first-order valence-corrected chi connectivity index (χ1v) is 11.6. The molecule has 3 aromatic carbocycles. The van der Waals surface area contributed by atoms with Gasteiger partial charge in [0.25, 0.3) is 10.0 Å². The lowest BCUT2D eigenvalue weighted by molar-refractivity contribution is 0.0473. The van der Waals surface area contributed by atoms with Crippen molar-refractivity contribution in [2.24, 2.45) is 0 Å². The highest BCUT2D eigenvalue weighted by Gasteiger charge is 2.23. The van der Waals surface area contributed by atoms with E-state index in [2.05, 4.69) is 4.72 Å². The van der Waals surface area contributed by atoms with Crippen LogP contribution in [0.15, 0.2) is 65.6 Å². The van der Waals surface area contributed by atoms with E-state index in [1.807, 2.05) is 0 Å². The maximum absolute atomic E-state index is 14.4. The monoisotopic (exact) mass is 503 g/mol. The van der Waals surface area contributed by atoms with Gasteiger partial charge >= 0.3 is 5.97 Å². The van der Waals surface area contributed by atoms with Crippen LogP contribution in [0.4, 0.5) is 10.1 Å². The highest BCUT2D eigenvalue weighted by Crippen LogP contribution is 2.26. The van der Waals surface area contributed by atoms with Crippen LogP contribution in [-0.2, 0) is 14.8 Å².